The molecule has 0 aliphatic carbocycles. The Bertz CT molecular complexity index is 619. The van der Waals surface area contributed by atoms with Crippen LogP contribution in [0.3, 0.4) is 0 Å². The molecule has 0 bridgehead atoms. The second-order valence-corrected chi connectivity index (χ2v) is 8.00. The number of benzene rings is 1. The molecule has 0 spiro atoms. The summed E-state index contributed by atoms with van der Waals surface area (Å²) >= 11 is 0. The van der Waals surface area contributed by atoms with Gasteiger partial charge in [-0.3, -0.25) is 9.69 Å². The minimum atomic E-state index is 0.289. The summed E-state index contributed by atoms with van der Waals surface area (Å²) in [5.74, 6) is 0.865. The van der Waals surface area contributed by atoms with Crippen molar-refractivity contribution in [2.75, 3.05) is 32.7 Å². The third-order valence-corrected chi connectivity index (χ3v) is 5.96. The van der Waals surface area contributed by atoms with Gasteiger partial charge >= 0.3 is 0 Å². The van der Waals surface area contributed by atoms with Gasteiger partial charge in [0.05, 0.1) is 6.54 Å². The van der Waals surface area contributed by atoms with E-state index in [4.69, 9.17) is 5.73 Å². The number of carbonyl (C=O) groups is 1. The molecule has 4 nitrogen and oxygen atoms in total. The average Bonchev–Trinajstić information content (AvgIpc) is 2.64. The number of likely N-dealkylation sites (tertiary alicyclic amines) is 2. The van der Waals surface area contributed by atoms with Crippen molar-refractivity contribution < 1.29 is 4.79 Å². The molecular formula is C22H33N3O. The molecule has 2 saturated heterocycles. The molecule has 1 aromatic rings. The molecule has 0 saturated carbocycles. The second-order valence-electron chi connectivity index (χ2n) is 8.00. The molecule has 1 aromatic carbocycles. The molecular weight excluding hydrogens is 322 g/mol. The molecule has 142 valence electrons. The number of allylic oxidation sites excluding steroid dienone is 1. The Labute approximate surface area is 158 Å². The highest BCUT2D eigenvalue weighted by Gasteiger charge is 2.24. The molecule has 2 heterocycles. The van der Waals surface area contributed by atoms with Crippen LogP contribution in [0.5, 0.6) is 0 Å². The predicted molar refractivity (Wildman–Crippen MR) is 108 cm³/mol. The first-order chi connectivity index (χ1) is 12.5. The normalized spacial score (nSPS) is 20.8. The van der Waals surface area contributed by atoms with Crippen LogP contribution in [0, 0.1) is 19.8 Å². The molecule has 2 aliphatic rings. The van der Waals surface area contributed by atoms with Crippen molar-refractivity contribution >= 4 is 12.0 Å². The summed E-state index contributed by atoms with van der Waals surface area (Å²) < 4.78 is 0. The predicted octanol–water partition coefficient (Wildman–Crippen LogP) is 2.98. The molecule has 1 amide bonds. The zero-order chi connectivity index (χ0) is 18.5. The van der Waals surface area contributed by atoms with Crippen molar-refractivity contribution in [3.8, 4) is 0 Å². The van der Waals surface area contributed by atoms with Crippen LogP contribution in [0.25, 0.3) is 6.08 Å². The molecule has 4 heteroatoms. The smallest absolute Gasteiger partial charge is 0.236 e. The highest BCUT2D eigenvalue weighted by atomic mass is 16.2. The lowest BCUT2D eigenvalue weighted by Crippen LogP contribution is -2.47. The van der Waals surface area contributed by atoms with E-state index in [1.165, 1.54) is 16.7 Å². The third-order valence-electron chi connectivity index (χ3n) is 5.96. The first-order valence-electron chi connectivity index (χ1n) is 10.0. The molecule has 0 aromatic heterocycles. The third kappa shape index (κ3) is 4.95. The maximum Gasteiger partial charge on any atom is 0.236 e. The van der Waals surface area contributed by atoms with Crippen molar-refractivity contribution in [1.29, 1.82) is 0 Å². The summed E-state index contributed by atoms with van der Waals surface area (Å²) in [5, 5.41) is 0. The van der Waals surface area contributed by atoms with Gasteiger partial charge in [0.2, 0.25) is 5.91 Å². The highest BCUT2D eigenvalue weighted by Crippen LogP contribution is 2.22. The van der Waals surface area contributed by atoms with Crippen molar-refractivity contribution in [3.05, 3.63) is 41.0 Å². The lowest BCUT2D eigenvalue weighted by molar-refractivity contribution is -0.133. The zero-order valence-corrected chi connectivity index (χ0v) is 16.3. The average molecular weight is 356 g/mol. The zero-order valence-electron chi connectivity index (χ0n) is 16.3. The first kappa shape index (κ1) is 19.1. The minimum Gasteiger partial charge on any atom is -0.342 e. The fourth-order valence-electron chi connectivity index (χ4n) is 4.07. The van der Waals surface area contributed by atoms with Crippen LogP contribution in [0.15, 0.2) is 24.3 Å². The standard InChI is InChI=1S/C22H33N3O/c1-17-4-3-5-18(2)21(17)7-6-19-8-14-25(15-9-19)22(26)16-24-12-10-20(23)11-13-24/h3-7,19-20H,8-16,23H2,1-2H3. The maximum atomic E-state index is 12.6. The van der Waals surface area contributed by atoms with Crippen molar-refractivity contribution in [3.63, 3.8) is 0 Å². The van der Waals surface area contributed by atoms with E-state index in [1.807, 2.05) is 0 Å². The van der Waals surface area contributed by atoms with Crippen LogP contribution in [0.2, 0.25) is 0 Å². The number of rotatable bonds is 4. The van der Waals surface area contributed by atoms with E-state index in [0.29, 0.717) is 18.5 Å². The van der Waals surface area contributed by atoms with Crippen LogP contribution < -0.4 is 5.73 Å². The second kappa shape index (κ2) is 8.83. The summed E-state index contributed by atoms with van der Waals surface area (Å²) in [5.41, 5.74) is 9.95. The summed E-state index contributed by atoms with van der Waals surface area (Å²) in [6, 6.07) is 6.77. The fraction of sp³-hybridized carbons (Fsp3) is 0.591. The monoisotopic (exact) mass is 355 g/mol. The van der Waals surface area contributed by atoms with Gasteiger partial charge in [0.25, 0.3) is 0 Å². The van der Waals surface area contributed by atoms with E-state index in [0.717, 1.165) is 51.9 Å². The molecule has 3 rings (SSSR count). The van der Waals surface area contributed by atoms with Crippen LogP contribution in [-0.4, -0.2) is 54.5 Å². The van der Waals surface area contributed by atoms with Gasteiger partial charge in [-0.15, -0.1) is 0 Å². The lowest BCUT2D eigenvalue weighted by atomic mass is 9.94. The largest absolute Gasteiger partial charge is 0.342 e. The van der Waals surface area contributed by atoms with Gasteiger partial charge in [-0.2, -0.15) is 0 Å². The fourth-order valence-corrected chi connectivity index (χ4v) is 4.07. The van der Waals surface area contributed by atoms with Crippen LogP contribution in [-0.2, 0) is 4.79 Å². The number of piperidine rings is 2. The van der Waals surface area contributed by atoms with Gasteiger partial charge in [-0.25, -0.2) is 0 Å². The quantitative estimate of drug-likeness (QED) is 0.903. The van der Waals surface area contributed by atoms with E-state index in [2.05, 4.69) is 54.0 Å². The van der Waals surface area contributed by atoms with Crippen molar-refractivity contribution in [2.24, 2.45) is 11.7 Å². The van der Waals surface area contributed by atoms with E-state index < -0.39 is 0 Å². The Morgan fingerprint density at radius 1 is 1.08 bits per heavy atom. The Hall–Kier alpha value is -1.65. The van der Waals surface area contributed by atoms with Crippen LogP contribution >= 0.6 is 0 Å². The summed E-state index contributed by atoms with van der Waals surface area (Å²) in [6.45, 7) is 8.59. The Morgan fingerprint density at radius 2 is 1.69 bits per heavy atom. The summed E-state index contributed by atoms with van der Waals surface area (Å²) in [6.07, 6.45) is 8.79. The molecule has 26 heavy (non-hydrogen) atoms. The first-order valence-corrected chi connectivity index (χ1v) is 10.0. The van der Waals surface area contributed by atoms with Crippen molar-refractivity contribution in [2.45, 2.75) is 45.6 Å². The molecule has 2 aliphatic heterocycles. The van der Waals surface area contributed by atoms with Gasteiger partial charge in [0.15, 0.2) is 0 Å². The number of hydrogen-bond donors (Lipinski definition) is 1. The number of aryl methyl sites for hydroxylation is 2. The SMILES string of the molecule is Cc1cccc(C)c1C=CC1CCN(C(=O)CN2CCC(N)CC2)CC1. The van der Waals surface area contributed by atoms with Gasteiger partial charge in [0, 0.05) is 32.2 Å². The number of nitrogens with two attached hydrogens (primary N) is 1. The van der Waals surface area contributed by atoms with Crippen LogP contribution in [0.1, 0.15) is 42.4 Å². The molecule has 0 radical (unpaired) electrons. The van der Waals surface area contributed by atoms with E-state index in [1.54, 1.807) is 0 Å². The lowest BCUT2D eigenvalue weighted by Gasteiger charge is -2.34. The number of nitrogens with zero attached hydrogens (tertiary/aromatic N) is 2. The molecule has 2 fully saturated rings. The Morgan fingerprint density at radius 3 is 2.31 bits per heavy atom. The number of carbonyl (C=O) groups excluding carboxylic acids is 1. The van der Waals surface area contributed by atoms with E-state index in [-0.39, 0.29) is 5.91 Å². The minimum absolute atomic E-state index is 0.289. The van der Waals surface area contributed by atoms with Crippen molar-refractivity contribution in [1.82, 2.24) is 9.80 Å². The van der Waals surface area contributed by atoms with Gasteiger partial charge < -0.3 is 10.6 Å². The summed E-state index contributed by atoms with van der Waals surface area (Å²) in [7, 11) is 0. The highest BCUT2D eigenvalue weighted by molar-refractivity contribution is 5.78. The topological polar surface area (TPSA) is 49.6 Å². The van der Waals surface area contributed by atoms with E-state index in [9.17, 15) is 4.79 Å². The van der Waals surface area contributed by atoms with Gasteiger partial charge in [0.1, 0.15) is 0 Å². The van der Waals surface area contributed by atoms with Crippen LogP contribution in [0.4, 0.5) is 0 Å². The molecule has 0 atom stereocenters. The molecule has 2 N–H and O–H groups in total. The molecule has 0 unspecified atom stereocenters. The van der Waals surface area contributed by atoms with E-state index >= 15 is 0 Å². The Kier molecular flexibility index (Phi) is 6.49. The number of hydrogen-bond acceptors (Lipinski definition) is 3. The maximum absolute atomic E-state index is 12.6. The van der Waals surface area contributed by atoms with Gasteiger partial charge in [-0.05, 0) is 62.1 Å². The summed E-state index contributed by atoms with van der Waals surface area (Å²) in [4.78, 5) is 16.9. The number of amides is 1. The Balaban J connectivity index is 1.46. The van der Waals surface area contributed by atoms with Gasteiger partial charge in [-0.1, -0.05) is 30.4 Å².